The Kier molecular flexibility index (Phi) is 9.66. The number of piperazine rings is 1. The van der Waals surface area contributed by atoms with Gasteiger partial charge in [-0.3, -0.25) is 35.0 Å². The smallest absolute Gasteiger partial charge is 0.396 e. The van der Waals surface area contributed by atoms with E-state index in [1.807, 2.05) is 28.8 Å². The number of carbonyl (C=O) groups is 3. The third kappa shape index (κ3) is 7.40. The number of aliphatic hydroxyl groups is 1. The van der Waals surface area contributed by atoms with Gasteiger partial charge in [-0.15, -0.1) is 0 Å². The molecule has 2 aromatic heterocycles. The summed E-state index contributed by atoms with van der Waals surface area (Å²) in [4.78, 5) is 52.6. The summed E-state index contributed by atoms with van der Waals surface area (Å²) in [6.07, 6.45) is 2.18. The first-order valence-corrected chi connectivity index (χ1v) is 17.2. The molecule has 2 saturated heterocycles. The van der Waals surface area contributed by atoms with E-state index in [0.29, 0.717) is 24.3 Å². The van der Waals surface area contributed by atoms with Crippen molar-refractivity contribution in [2.24, 2.45) is 5.92 Å². The fourth-order valence-corrected chi connectivity index (χ4v) is 7.33. The third-order valence-electron chi connectivity index (χ3n) is 10.2. The number of nitrogens with one attached hydrogen (secondary N) is 2. The van der Waals surface area contributed by atoms with Gasteiger partial charge in [-0.2, -0.15) is 13.2 Å². The third-order valence-corrected chi connectivity index (χ3v) is 10.2. The van der Waals surface area contributed by atoms with Gasteiger partial charge in [-0.1, -0.05) is 6.07 Å². The molecule has 12 nitrogen and oxygen atoms in total. The van der Waals surface area contributed by atoms with Crippen molar-refractivity contribution in [1.82, 2.24) is 24.8 Å². The van der Waals surface area contributed by atoms with Crippen LogP contribution in [0.4, 0.5) is 35.3 Å². The second-order valence-electron chi connectivity index (χ2n) is 13.4. The molecule has 0 radical (unpaired) electrons. The van der Waals surface area contributed by atoms with E-state index in [2.05, 4.69) is 25.4 Å². The number of benzene rings is 2. The number of halogens is 3. The highest BCUT2D eigenvalue weighted by Crippen LogP contribution is 2.38. The molecule has 1 saturated carbocycles. The maximum Gasteiger partial charge on any atom is 0.416 e. The Morgan fingerprint density at radius 2 is 1.76 bits per heavy atom. The molecule has 1 aliphatic carbocycles. The number of anilines is 3. The highest BCUT2D eigenvalue weighted by Gasteiger charge is 2.32. The van der Waals surface area contributed by atoms with Gasteiger partial charge in [0.2, 0.25) is 11.9 Å². The maximum atomic E-state index is 13.4. The monoisotopic (exact) mass is 704 g/mol. The lowest BCUT2D eigenvalue weighted by Gasteiger charge is -2.37. The molecular formula is C36H39F3N8O4. The van der Waals surface area contributed by atoms with Gasteiger partial charge in [0.1, 0.15) is 0 Å². The van der Waals surface area contributed by atoms with Crippen molar-refractivity contribution < 1.29 is 32.7 Å². The van der Waals surface area contributed by atoms with Crippen molar-refractivity contribution in [3.8, 4) is 0 Å². The van der Waals surface area contributed by atoms with Crippen molar-refractivity contribution >= 4 is 46.2 Å². The summed E-state index contributed by atoms with van der Waals surface area (Å²) < 4.78 is 42.1. The molecule has 51 heavy (non-hydrogen) atoms. The van der Waals surface area contributed by atoms with E-state index in [1.165, 1.54) is 12.1 Å². The van der Waals surface area contributed by atoms with Gasteiger partial charge in [-0.05, 0) is 79.6 Å². The number of nitrogens with zero attached hydrogens (tertiary/aromatic N) is 6. The van der Waals surface area contributed by atoms with E-state index in [0.717, 1.165) is 80.8 Å². The van der Waals surface area contributed by atoms with Crippen LogP contribution in [0.5, 0.6) is 0 Å². The standard InChI is InChI=1S/C36H39F3N8O4/c37-36(38,39)26-3-1-2-24(18-26)33(50)43-34-41-29-19-28(8-9-30(29)47(34)27-6-4-23(22-48)5-7-27)45-16-14-44(15-17-45)21-25-10-12-40-20-31(25)46-13-11-32(49)42-35(46)51/h1-3,8-10,12,18-20,23,27,48H,4-7,11,13-17,21-22H2,(H,41,43,50)(H,42,49,51). The number of aliphatic hydroxyl groups excluding tert-OH is 1. The van der Waals surface area contributed by atoms with Gasteiger partial charge < -0.3 is 14.6 Å². The summed E-state index contributed by atoms with van der Waals surface area (Å²) in [5.74, 6) is -0.472. The lowest BCUT2D eigenvalue weighted by Crippen LogP contribution is -2.50. The maximum absolute atomic E-state index is 13.4. The molecule has 2 aromatic carbocycles. The molecule has 0 unspecified atom stereocenters. The predicted octanol–water partition coefficient (Wildman–Crippen LogP) is 5.19. The van der Waals surface area contributed by atoms with Crippen LogP contribution in [-0.2, 0) is 17.5 Å². The Morgan fingerprint density at radius 1 is 0.980 bits per heavy atom. The zero-order chi connectivity index (χ0) is 35.7. The summed E-state index contributed by atoms with van der Waals surface area (Å²) in [5.41, 5.74) is 3.07. The first-order valence-electron chi connectivity index (χ1n) is 17.2. The fourth-order valence-electron chi connectivity index (χ4n) is 7.33. The van der Waals surface area contributed by atoms with E-state index in [9.17, 15) is 32.7 Å². The average Bonchev–Trinajstić information content (AvgIpc) is 3.49. The van der Waals surface area contributed by atoms with E-state index in [-0.39, 0.29) is 42.4 Å². The Balaban J connectivity index is 1.09. The number of imide groups is 1. The van der Waals surface area contributed by atoms with Crippen molar-refractivity contribution in [2.45, 2.75) is 50.9 Å². The van der Waals surface area contributed by atoms with E-state index in [4.69, 9.17) is 4.98 Å². The van der Waals surface area contributed by atoms with Gasteiger partial charge in [0.05, 0.1) is 28.5 Å². The van der Waals surface area contributed by atoms with Crippen LogP contribution in [0.3, 0.4) is 0 Å². The number of alkyl halides is 3. The molecule has 0 spiro atoms. The number of pyridine rings is 1. The van der Waals surface area contributed by atoms with Crippen LogP contribution >= 0.6 is 0 Å². The first kappa shape index (κ1) is 34.4. The summed E-state index contributed by atoms with van der Waals surface area (Å²) in [6, 6.07) is 11.8. The summed E-state index contributed by atoms with van der Waals surface area (Å²) in [7, 11) is 0. The number of urea groups is 1. The summed E-state index contributed by atoms with van der Waals surface area (Å²) in [5, 5.41) is 14.9. The van der Waals surface area contributed by atoms with Gasteiger partial charge in [-0.25, -0.2) is 9.78 Å². The minimum absolute atomic E-state index is 0.00131. The number of amides is 4. The Morgan fingerprint density at radius 3 is 2.49 bits per heavy atom. The molecular weight excluding hydrogens is 665 g/mol. The average molecular weight is 705 g/mol. The Labute approximate surface area is 292 Å². The molecule has 268 valence electrons. The highest BCUT2D eigenvalue weighted by molar-refractivity contribution is 6.06. The van der Waals surface area contributed by atoms with Gasteiger partial charge in [0, 0.05) is 75.8 Å². The largest absolute Gasteiger partial charge is 0.416 e. The predicted molar refractivity (Wildman–Crippen MR) is 184 cm³/mol. The molecule has 15 heteroatoms. The number of rotatable bonds is 8. The molecule has 2 aliphatic heterocycles. The minimum atomic E-state index is -4.58. The van der Waals surface area contributed by atoms with Crippen LogP contribution in [0.2, 0.25) is 0 Å². The number of carbonyl (C=O) groups excluding carboxylic acids is 3. The molecule has 3 N–H and O–H groups in total. The molecule has 4 heterocycles. The lowest BCUT2D eigenvalue weighted by atomic mass is 9.86. The first-order chi connectivity index (χ1) is 24.6. The number of imidazole rings is 1. The van der Waals surface area contributed by atoms with Crippen LogP contribution in [0.25, 0.3) is 11.0 Å². The fraction of sp³-hybridized carbons (Fsp3) is 0.417. The van der Waals surface area contributed by atoms with Crippen molar-refractivity contribution in [2.75, 3.05) is 54.4 Å². The molecule has 4 amide bonds. The minimum Gasteiger partial charge on any atom is -0.396 e. The number of fused-ring (bicyclic) bond motifs is 1. The van der Waals surface area contributed by atoms with Crippen LogP contribution in [-0.4, -0.2) is 81.7 Å². The van der Waals surface area contributed by atoms with E-state index in [1.54, 1.807) is 17.3 Å². The Hall–Kier alpha value is -5.02. The molecule has 3 aliphatic rings. The highest BCUT2D eigenvalue weighted by atomic mass is 19.4. The molecule has 7 rings (SSSR count). The quantitative estimate of drug-likeness (QED) is 0.228. The molecule has 0 atom stereocenters. The second kappa shape index (κ2) is 14.3. The van der Waals surface area contributed by atoms with Crippen LogP contribution in [0, 0.1) is 5.92 Å². The second-order valence-corrected chi connectivity index (χ2v) is 13.4. The lowest BCUT2D eigenvalue weighted by molar-refractivity contribution is -0.137. The topological polar surface area (TPSA) is 136 Å². The molecule has 0 bridgehead atoms. The van der Waals surface area contributed by atoms with Crippen molar-refractivity contribution in [3.63, 3.8) is 0 Å². The Bertz CT molecular complexity index is 1930. The summed E-state index contributed by atoms with van der Waals surface area (Å²) in [6.45, 7) is 4.01. The van der Waals surface area contributed by atoms with E-state index < -0.39 is 23.7 Å². The van der Waals surface area contributed by atoms with Crippen molar-refractivity contribution in [3.05, 3.63) is 77.6 Å². The van der Waals surface area contributed by atoms with Crippen molar-refractivity contribution in [1.29, 1.82) is 0 Å². The summed E-state index contributed by atoms with van der Waals surface area (Å²) >= 11 is 0. The normalized spacial score (nSPS) is 20.5. The van der Waals surface area contributed by atoms with Crippen LogP contribution in [0.15, 0.2) is 60.9 Å². The van der Waals surface area contributed by atoms with Gasteiger partial charge in [0.25, 0.3) is 5.91 Å². The zero-order valence-corrected chi connectivity index (χ0v) is 27.9. The number of hydrogen-bond acceptors (Lipinski definition) is 8. The SMILES string of the molecule is O=C1CCN(c2cnccc2CN2CCN(c3ccc4c(c3)nc(NC(=O)c3cccc(C(F)(F)F)c3)n4C3CCC(CO)CC3)CC2)C(=O)N1. The van der Waals surface area contributed by atoms with Gasteiger partial charge >= 0.3 is 12.2 Å². The van der Waals surface area contributed by atoms with Crippen LogP contribution in [0.1, 0.15) is 59.6 Å². The van der Waals surface area contributed by atoms with E-state index >= 15 is 0 Å². The van der Waals surface area contributed by atoms with Gasteiger partial charge in [0.15, 0.2) is 0 Å². The zero-order valence-electron chi connectivity index (χ0n) is 27.9. The number of aromatic nitrogens is 3. The number of hydrogen-bond donors (Lipinski definition) is 3. The molecule has 3 fully saturated rings. The molecule has 4 aromatic rings. The van der Waals surface area contributed by atoms with Crippen LogP contribution < -0.4 is 20.4 Å².